The van der Waals surface area contributed by atoms with Gasteiger partial charge >= 0.3 is 0 Å². The van der Waals surface area contributed by atoms with E-state index in [9.17, 15) is 4.79 Å². The number of benzene rings is 3. The summed E-state index contributed by atoms with van der Waals surface area (Å²) in [6.07, 6.45) is 2.30. The normalized spacial score (nSPS) is 14.7. The van der Waals surface area contributed by atoms with Gasteiger partial charge in [-0.05, 0) is 43.0 Å². The van der Waals surface area contributed by atoms with E-state index < -0.39 is 0 Å². The summed E-state index contributed by atoms with van der Waals surface area (Å²) in [6.45, 7) is 7.06. The maximum atomic E-state index is 13.7. The van der Waals surface area contributed by atoms with Crippen molar-refractivity contribution in [1.29, 1.82) is 0 Å². The molecule has 1 amide bonds. The number of anilines is 1. The summed E-state index contributed by atoms with van der Waals surface area (Å²) in [6, 6.07) is 30.7. The first-order chi connectivity index (χ1) is 20.1. The summed E-state index contributed by atoms with van der Waals surface area (Å²) in [4.78, 5) is 28.3. The number of aryl methyl sites for hydroxylation is 1. The number of aromatic nitrogens is 4. The minimum atomic E-state index is -0.114. The second-order valence-corrected chi connectivity index (χ2v) is 10.7. The molecule has 0 spiro atoms. The van der Waals surface area contributed by atoms with Gasteiger partial charge in [0.15, 0.2) is 5.65 Å². The van der Waals surface area contributed by atoms with Crippen LogP contribution >= 0.6 is 0 Å². The van der Waals surface area contributed by atoms with Gasteiger partial charge in [0.25, 0.3) is 0 Å². The number of hydrogen-bond acceptors (Lipinski definition) is 5. The molecule has 6 rings (SSSR count). The van der Waals surface area contributed by atoms with Gasteiger partial charge in [0.1, 0.15) is 11.6 Å². The van der Waals surface area contributed by atoms with E-state index in [-0.39, 0.29) is 11.8 Å². The van der Waals surface area contributed by atoms with Crippen LogP contribution in [0.25, 0.3) is 16.7 Å². The lowest BCUT2D eigenvalue weighted by molar-refractivity contribution is -0.132. The standard InChI is InChI=1S/C34H36N6O/c1-3-29(27-16-9-5-10-17-27)34(41)39-21-13-20-38(22-23-39)32-31-25(2)37-40(28-18-11-6-12-19-28)33(31)36-30(35-32)24-26-14-7-4-8-15-26/h4-12,14-19,29H,3,13,20-24H2,1-2H3/t29-/m0/s1. The third-order valence-electron chi connectivity index (χ3n) is 7.95. The van der Waals surface area contributed by atoms with Crippen molar-refractivity contribution >= 4 is 22.8 Å². The Balaban J connectivity index is 1.35. The van der Waals surface area contributed by atoms with Crippen LogP contribution in [0.2, 0.25) is 0 Å². The van der Waals surface area contributed by atoms with Crippen LogP contribution in [-0.4, -0.2) is 56.7 Å². The zero-order valence-corrected chi connectivity index (χ0v) is 23.8. The molecule has 5 aromatic rings. The van der Waals surface area contributed by atoms with Gasteiger partial charge in [-0.25, -0.2) is 14.6 Å². The molecule has 1 aliphatic heterocycles. The van der Waals surface area contributed by atoms with E-state index in [0.717, 1.165) is 65.6 Å². The molecule has 0 bridgehead atoms. The Morgan fingerprint density at radius 1 is 0.829 bits per heavy atom. The average Bonchev–Trinajstić information content (AvgIpc) is 3.17. The van der Waals surface area contributed by atoms with Crippen molar-refractivity contribution < 1.29 is 4.79 Å². The Bertz CT molecular complexity index is 1620. The van der Waals surface area contributed by atoms with E-state index in [4.69, 9.17) is 15.1 Å². The molecule has 0 N–H and O–H groups in total. The van der Waals surface area contributed by atoms with Gasteiger partial charge in [-0.1, -0.05) is 85.8 Å². The number of carbonyl (C=O) groups excluding carboxylic acids is 1. The Hall–Kier alpha value is -4.52. The fourth-order valence-electron chi connectivity index (χ4n) is 5.85. The summed E-state index contributed by atoms with van der Waals surface area (Å²) in [5, 5.41) is 5.89. The van der Waals surface area contributed by atoms with E-state index in [1.165, 1.54) is 5.56 Å². The quantitative estimate of drug-likeness (QED) is 0.253. The fourth-order valence-corrected chi connectivity index (χ4v) is 5.85. The van der Waals surface area contributed by atoms with Gasteiger partial charge in [0, 0.05) is 32.6 Å². The van der Waals surface area contributed by atoms with Crippen molar-refractivity contribution in [3.63, 3.8) is 0 Å². The van der Waals surface area contributed by atoms with Crippen LogP contribution in [0, 0.1) is 6.92 Å². The summed E-state index contributed by atoms with van der Waals surface area (Å²) in [5.41, 5.74) is 4.95. The largest absolute Gasteiger partial charge is 0.354 e. The molecule has 1 saturated heterocycles. The second kappa shape index (κ2) is 11.9. The molecule has 3 aromatic carbocycles. The van der Waals surface area contributed by atoms with Crippen LogP contribution in [0.3, 0.4) is 0 Å². The van der Waals surface area contributed by atoms with Crippen LogP contribution in [0.1, 0.15) is 48.3 Å². The van der Waals surface area contributed by atoms with Gasteiger partial charge in [0.2, 0.25) is 5.91 Å². The Morgan fingerprint density at radius 2 is 1.51 bits per heavy atom. The molecule has 2 aromatic heterocycles. The summed E-state index contributed by atoms with van der Waals surface area (Å²) in [5.74, 6) is 1.77. The third-order valence-corrected chi connectivity index (χ3v) is 7.95. The molecule has 0 unspecified atom stereocenters. The molecular formula is C34H36N6O. The van der Waals surface area contributed by atoms with Gasteiger partial charge in [-0.15, -0.1) is 0 Å². The zero-order chi connectivity index (χ0) is 28.2. The number of rotatable bonds is 7. The highest BCUT2D eigenvalue weighted by Crippen LogP contribution is 2.31. The summed E-state index contributed by atoms with van der Waals surface area (Å²) < 4.78 is 1.93. The molecule has 7 heteroatoms. The number of para-hydroxylation sites is 1. The monoisotopic (exact) mass is 544 g/mol. The molecule has 1 fully saturated rings. The highest BCUT2D eigenvalue weighted by Gasteiger charge is 2.28. The van der Waals surface area contributed by atoms with Gasteiger partial charge in [0.05, 0.1) is 22.7 Å². The molecule has 0 aliphatic carbocycles. The molecular weight excluding hydrogens is 508 g/mol. The Kier molecular flexibility index (Phi) is 7.76. The number of carbonyl (C=O) groups is 1. The number of hydrogen-bond donors (Lipinski definition) is 0. The van der Waals surface area contributed by atoms with Crippen molar-refractivity contribution in [2.24, 2.45) is 0 Å². The van der Waals surface area contributed by atoms with Crippen molar-refractivity contribution in [2.75, 3.05) is 31.1 Å². The average molecular weight is 545 g/mol. The second-order valence-electron chi connectivity index (χ2n) is 10.7. The molecule has 0 saturated carbocycles. The molecule has 1 aliphatic rings. The van der Waals surface area contributed by atoms with E-state index in [1.54, 1.807) is 0 Å². The molecule has 3 heterocycles. The molecule has 1 atom stereocenters. The van der Waals surface area contributed by atoms with Crippen LogP contribution in [0.4, 0.5) is 5.82 Å². The number of nitrogens with zero attached hydrogens (tertiary/aromatic N) is 6. The lowest BCUT2D eigenvalue weighted by Gasteiger charge is -2.26. The number of amides is 1. The zero-order valence-electron chi connectivity index (χ0n) is 23.8. The maximum absolute atomic E-state index is 13.7. The van der Waals surface area contributed by atoms with E-state index >= 15 is 0 Å². The maximum Gasteiger partial charge on any atom is 0.230 e. The van der Waals surface area contributed by atoms with Gasteiger partial charge in [-0.3, -0.25) is 4.79 Å². The fraction of sp³-hybridized carbons (Fsp3) is 0.294. The first-order valence-electron chi connectivity index (χ1n) is 14.6. The molecule has 0 radical (unpaired) electrons. The highest BCUT2D eigenvalue weighted by atomic mass is 16.2. The van der Waals surface area contributed by atoms with Crippen LogP contribution in [0.5, 0.6) is 0 Å². The smallest absolute Gasteiger partial charge is 0.230 e. The molecule has 208 valence electrons. The van der Waals surface area contributed by atoms with Gasteiger partial charge < -0.3 is 9.80 Å². The van der Waals surface area contributed by atoms with E-state index in [0.29, 0.717) is 19.5 Å². The Labute approximate surface area is 241 Å². The van der Waals surface area contributed by atoms with Crippen molar-refractivity contribution in [3.05, 3.63) is 114 Å². The van der Waals surface area contributed by atoms with Crippen molar-refractivity contribution in [3.8, 4) is 5.69 Å². The minimum Gasteiger partial charge on any atom is -0.354 e. The lowest BCUT2D eigenvalue weighted by atomic mass is 9.95. The van der Waals surface area contributed by atoms with E-state index in [1.807, 2.05) is 71.1 Å². The SMILES string of the molecule is CC[C@H](C(=O)N1CCCN(c2nc(Cc3ccccc3)nc3c2c(C)nn3-c2ccccc2)CC1)c1ccccc1. The predicted molar refractivity (Wildman–Crippen MR) is 164 cm³/mol. The topological polar surface area (TPSA) is 67.2 Å². The van der Waals surface area contributed by atoms with Crippen LogP contribution < -0.4 is 4.90 Å². The van der Waals surface area contributed by atoms with Crippen LogP contribution in [-0.2, 0) is 11.2 Å². The minimum absolute atomic E-state index is 0.114. The first kappa shape index (κ1) is 26.7. The summed E-state index contributed by atoms with van der Waals surface area (Å²) >= 11 is 0. The number of fused-ring (bicyclic) bond motifs is 1. The first-order valence-corrected chi connectivity index (χ1v) is 14.6. The third kappa shape index (κ3) is 5.57. The van der Waals surface area contributed by atoms with E-state index in [2.05, 4.69) is 48.2 Å². The van der Waals surface area contributed by atoms with Crippen molar-refractivity contribution in [1.82, 2.24) is 24.6 Å². The lowest BCUT2D eigenvalue weighted by Crippen LogP contribution is -2.38. The molecule has 7 nitrogen and oxygen atoms in total. The van der Waals surface area contributed by atoms with Crippen LogP contribution in [0.15, 0.2) is 91.0 Å². The van der Waals surface area contributed by atoms with Crippen molar-refractivity contribution in [2.45, 2.75) is 39.0 Å². The Morgan fingerprint density at radius 3 is 2.22 bits per heavy atom. The predicted octanol–water partition coefficient (Wildman–Crippen LogP) is 5.95. The molecule has 41 heavy (non-hydrogen) atoms. The summed E-state index contributed by atoms with van der Waals surface area (Å²) in [7, 11) is 0. The van der Waals surface area contributed by atoms with Gasteiger partial charge in [-0.2, -0.15) is 5.10 Å². The highest BCUT2D eigenvalue weighted by molar-refractivity contribution is 5.91.